The number of carboxylic acid groups (broad SMARTS) is 4. The fourth-order valence-corrected chi connectivity index (χ4v) is 3.59. The van der Waals surface area contributed by atoms with Crippen LogP contribution in [0.25, 0.3) is 0 Å². The van der Waals surface area contributed by atoms with Crippen LogP contribution in [0.15, 0.2) is 0 Å². The molecule has 19 nitrogen and oxygen atoms in total. The van der Waals surface area contributed by atoms with Crippen LogP contribution in [0.1, 0.15) is 65.7 Å². The molecular formula is C26H42N6O13. The Morgan fingerprint density at radius 2 is 1.04 bits per heavy atom. The minimum absolute atomic E-state index is 0.256. The Bertz CT molecular complexity index is 1110. The van der Waals surface area contributed by atoms with E-state index >= 15 is 0 Å². The highest BCUT2D eigenvalue weighted by atomic mass is 16.4. The molecule has 254 valence electrons. The third-order valence-electron chi connectivity index (χ3n) is 6.57. The summed E-state index contributed by atoms with van der Waals surface area (Å²) in [4.78, 5) is 107. The van der Waals surface area contributed by atoms with Crippen LogP contribution < -0.4 is 32.3 Å². The number of hydrogen-bond acceptors (Lipinski definition) is 10. The Kier molecular flexibility index (Phi) is 18.0. The highest BCUT2D eigenvalue weighted by molar-refractivity contribution is 5.95. The number of nitrogens with one attached hydrogen (secondary N) is 5. The van der Waals surface area contributed by atoms with Gasteiger partial charge in [0.2, 0.25) is 29.5 Å². The molecule has 19 heteroatoms. The van der Waals surface area contributed by atoms with E-state index in [9.17, 15) is 43.2 Å². The highest BCUT2D eigenvalue weighted by Crippen LogP contribution is 2.07. The Morgan fingerprint density at radius 3 is 1.49 bits per heavy atom. The number of amides is 5. The van der Waals surface area contributed by atoms with E-state index < -0.39 is 122 Å². The zero-order valence-corrected chi connectivity index (χ0v) is 25.2. The van der Waals surface area contributed by atoms with Gasteiger partial charge in [0.05, 0.1) is 12.6 Å². The van der Waals surface area contributed by atoms with Crippen molar-refractivity contribution in [1.82, 2.24) is 26.6 Å². The lowest BCUT2D eigenvalue weighted by Gasteiger charge is -2.25. The molecule has 0 unspecified atom stereocenters. The SMILES string of the molecule is CC[C@H](C)[C@H](N)C(=O)N[C@@H](CCC(=O)O)C(=O)N[C@@H](C)C(=O)N[C@@H](CCC(=O)O)C(=O)NCC(=O)N[C@@H](CCC(=O)O)C(=O)O. The van der Waals surface area contributed by atoms with Gasteiger partial charge in [0.15, 0.2) is 0 Å². The molecule has 0 heterocycles. The van der Waals surface area contributed by atoms with Crippen LogP contribution in [-0.4, -0.2) is 111 Å². The fraction of sp³-hybridized carbons (Fsp3) is 0.654. The lowest BCUT2D eigenvalue weighted by Crippen LogP contribution is -2.57. The molecule has 0 spiro atoms. The smallest absolute Gasteiger partial charge is 0.326 e. The largest absolute Gasteiger partial charge is 0.481 e. The fourth-order valence-electron chi connectivity index (χ4n) is 3.59. The van der Waals surface area contributed by atoms with Crippen molar-refractivity contribution in [3.05, 3.63) is 0 Å². The molecule has 0 aliphatic carbocycles. The summed E-state index contributed by atoms with van der Waals surface area (Å²) in [7, 11) is 0. The van der Waals surface area contributed by atoms with Crippen molar-refractivity contribution in [3.8, 4) is 0 Å². The normalized spacial score (nSPS) is 14.7. The molecule has 0 fully saturated rings. The van der Waals surface area contributed by atoms with Gasteiger partial charge in [0, 0.05) is 19.3 Å². The van der Waals surface area contributed by atoms with Crippen LogP contribution in [0.3, 0.4) is 0 Å². The van der Waals surface area contributed by atoms with E-state index in [1.165, 1.54) is 6.92 Å². The van der Waals surface area contributed by atoms with Gasteiger partial charge in [-0.2, -0.15) is 0 Å². The highest BCUT2D eigenvalue weighted by Gasteiger charge is 2.30. The predicted molar refractivity (Wildman–Crippen MR) is 152 cm³/mol. The molecule has 0 radical (unpaired) electrons. The zero-order valence-electron chi connectivity index (χ0n) is 25.2. The number of carboxylic acids is 4. The molecule has 0 aliphatic rings. The topological polar surface area (TPSA) is 321 Å². The number of carbonyl (C=O) groups excluding carboxylic acids is 5. The monoisotopic (exact) mass is 646 g/mol. The van der Waals surface area contributed by atoms with Gasteiger partial charge < -0.3 is 52.7 Å². The van der Waals surface area contributed by atoms with Crippen LogP contribution in [0.4, 0.5) is 0 Å². The molecule has 0 aliphatic heterocycles. The van der Waals surface area contributed by atoms with Gasteiger partial charge in [-0.1, -0.05) is 20.3 Å². The maximum atomic E-state index is 12.9. The van der Waals surface area contributed by atoms with Crippen molar-refractivity contribution in [3.63, 3.8) is 0 Å². The summed E-state index contributed by atoms with van der Waals surface area (Å²) in [6, 6.07) is -6.84. The second-order valence-electron chi connectivity index (χ2n) is 10.2. The van der Waals surface area contributed by atoms with Crippen LogP contribution >= 0.6 is 0 Å². The standard InChI is InChI=1S/C26H42N6O13/c1-4-12(2)21(27)25(43)32-15(6-9-19(36)37)24(42)29-13(3)22(40)31-14(5-8-18(34)35)23(41)28-11-17(33)30-16(26(44)45)7-10-20(38)39/h12-16,21H,4-11,27H2,1-3H3,(H,28,41)(H,29,42)(H,30,33)(H,31,40)(H,32,43)(H,34,35)(H,36,37)(H,38,39)(H,44,45)/t12-,13-,14-,15-,16-,21-/m0/s1. The van der Waals surface area contributed by atoms with Crippen molar-refractivity contribution in [2.45, 2.75) is 95.9 Å². The molecule has 0 saturated carbocycles. The number of carbonyl (C=O) groups is 9. The second-order valence-corrected chi connectivity index (χ2v) is 10.2. The number of hydrogen-bond donors (Lipinski definition) is 10. The van der Waals surface area contributed by atoms with Gasteiger partial charge in [0.25, 0.3) is 0 Å². The molecule has 0 aromatic rings. The summed E-state index contributed by atoms with van der Waals surface area (Å²) in [6.45, 7) is 3.91. The lowest BCUT2D eigenvalue weighted by molar-refractivity contribution is -0.143. The predicted octanol–water partition coefficient (Wildman–Crippen LogP) is -2.89. The second kappa shape index (κ2) is 20.2. The van der Waals surface area contributed by atoms with E-state index in [2.05, 4.69) is 21.3 Å². The third kappa shape index (κ3) is 16.6. The third-order valence-corrected chi connectivity index (χ3v) is 6.57. The first-order chi connectivity index (χ1) is 20.9. The van der Waals surface area contributed by atoms with Crippen molar-refractivity contribution in [2.24, 2.45) is 11.7 Å². The summed E-state index contributed by atoms with van der Waals surface area (Å²) < 4.78 is 0. The molecule has 5 amide bonds. The number of nitrogens with two attached hydrogens (primary N) is 1. The molecule has 0 aromatic heterocycles. The maximum Gasteiger partial charge on any atom is 0.326 e. The molecule has 45 heavy (non-hydrogen) atoms. The van der Waals surface area contributed by atoms with Crippen molar-refractivity contribution < 1.29 is 63.6 Å². The summed E-state index contributed by atoms with van der Waals surface area (Å²) in [6.07, 6.45) is -2.32. The number of rotatable bonds is 22. The van der Waals surface area contributed by atoms with Crippen LogP contribution in [0.2, 0.25) is 0 Å². The molecule has 11 N–H and O–H groups in total. The molecule has 6 atom stereocenters. The first-order valence-corrected chi connectivity index (χ1v) is 14.0. The maximum absolute atomic E-state index is 12.9. The van der Waals surface area contributed by atoms with Crippen molar-refractivity contribution >= 4 is 53.4 Å². The summed E-state index contributed by atoms with van der Waals surface area (Å²) in [5.74, 6) is -10.3. The average molecular weight is 647 g/mol. The number of aliphatic carboxylic acids is 4. The summed E-state index contributed by atoms with van der Waals surface area (Å²) >= 11 is 0. The molecular weight excluding hydrogens is 604 g/mol. The molecule has 0 rings (SSSR count). The van der Waals surface area contributed by atoms with Gasteiger partial charge in [-0.15, -0.1) is 0 Å². The summed E-state index contributed by atoms with van der Waals surface area (Å²) in [5.41, 5.74) is 5.89. The Hall–Kier alpha value is -4.81. The lowest BCUT2D eigenvalue weighted by atomic mass is 9.98. The van der Waals surface area contributed by atoms with Crippen LogP contribution in [0.5, 0.6) is 0 Å². The first kappa shape index (κ1) is 40.2. The van der Waals surface area contributed by atoms with E-state index in [1.54, 1.807) is 13.8 Å². The van der Waals surface area contributed by atoms with Crippen molar-refractivity contribution in [1.29, 1.82) is 0 Å². The minimum Gasteiger partial charge on any atom is -0.481 e. The van der Waals surface area contributed by atoms with E-state index in [0.717, 1.165) is 0 Å². The first-order valence-electron chi connectivity index (χ1n) is 14.0. The van der Waals surface area contributed by atoms with Gasteiger partial charge >= 0.3 is 23.9 Å². The molecule has 0 aromatic carbocycles. The molecule has 0 saturated heterocycles. The van der Waals surface area contributed by atoms with E-state index in [4.69, 9.17) is 26.2 Å². The van der Waals surface area contributed by atoms with E-state index in [0.29, 0.717) is 6.42 Å². The van der Waals surface area contributed by atoms with Crippen LogP contribution in [-0.2, 0) is 43.2 Å². The van der Waals surface area contributed by atoms with Gasteiger partial charge in [0.1, 0.15) is 24.2 Å². The van der Waals surface area contributed by atoms with Gasteiger partial charge in [-0.05, 0) is 32.1 Å². The molecule has 0 bridgehead atoms. The van der Waals surface area contributed by atoms with Gasteiger partial charge in [-0.25, -0.2) is 4.79 Å². The van der Waals surface area contributed by atoms with Crippen molar-refractivity contribution in [2.75, 3.05) is 6.54 Å². The summed E-state index contributed by atoms with van der Waals surface area (Å²) in [5, 5.41) is 47.0. The Morgan fingerprint density at radius 1 is 0.600 bits per heavy atom. The van der Waals surface area contributed by atoms with Crippen LogP contribution in [0, 0.1) is 5.92 Å². The average Bonchev–Trinajstić information content (AvgIpc) is 2.96. The Balaban J connectivity index is 5.46. The van der Waals surface area contributed by atoms with E-state index in [-0.39, 0.29) is 12.3 Å². The Labute approximate surface area is 258 Å². The zero-order chi connectivity index (χ0) is 34.9. The quantitative estimate of drug-likeness (QED) is 0.0565. The van der Waals surface area contributed by atoms with Gasteiger partial charge in [-0.3, -0.25) is 38.4 Å². The minimum atomic E-state index is -1.56. The van der Waals surface area contributed by atoms with E-state index in [1.807, 2.05) is 5.32 Å².